The zero-order chi connectivity index (χ0) is 19.2. The molecule has 0 heterocycles. The van der Waals surface area contributed by atoms with Gasteiger partial charge in [-0.25, -0.2) is 12.8 Å². The molecule has 0 atom stereocenters. The summed E-state index contributed by atoms with van der Waals surface area (Å²) < 4.78 is 41.3. The van der Waals surface area contributed by atoms with E-state index in [0.717, 1.165) is 6.26 Å². The Kier molecular flexibility index (Phi) is 6.99. The zero-order valence-electron chi connectivity index (χ0n) is 14.2. The van der Waals surface area contributed by atoms with Gasteiger partial charge in [0.2, 0.25) is 5.91 Å². The lowest BCUT2D eigenvalue weighted by Gasteiger charge is -2.08. The second-order valence-electron chi connectivity index (χ2n) is 5.72. The number of carbonyl (C=O) groups excluding carboxylic acids is 1. The van der Waals surface area contributed by atoms with Crippen molar-refractivity contribution in [2.75, 3.05) is 12.9 Å². The second kappa shape index (κ2) is 9.00. The SMILES string of the molecule is CS(=O)(=O)c1ccc(OCCCC(=O)NCc2ccc(F)c(Cl)c2)cc1. The van der Waals surface area contributed by atoms with Crippen LogP contribution < -0.4 is 10.1 Å². The van der Waals surface area contributed by atoms with Crippen molar-refractivity contribution in [1.82, 2.24) is 5.32 Å². The quantitative estimate of drug-likeness (QED) is 0.691. The minimum Gasteiger partial charge on any atom is -0.494 e. The Morgan fingerprint density at radius 1 is 1.19 bits per heavy atom. The van der Waals surface area contributed by atoms with E-state index in [4.69, 9.17) is 16.3 Å². The summed E-state index contributed by atoms with van der Waals surface area (Å²) in [5.41, 5.74) is 0.715. The monoisotopic (exact) mass is 399 g/mol. The predicted molar refractivity (Wildman–Crippen MR) is 97.5 cm³/mol. The van der Waals surface area contributed by atoms with E-state index < -0.39 is 15.7 Å². The van der Waals surface area contributed by atoms with Crippen molar-refractivity contribution in [2.45, 2.75) is 24.3 Å². The minimum absolute atomic E-state index is 0.0204. The highest BCUT2D eigenvalue weighted by molar-refractivity contribution is 7.90. The molecular weight excluding hydrogens is 381 g/mol. The highest BCUT2D eigenvalue weighted by atomic mass is 35.5. The molecule has 2 aromatic rings. The highest BCUT2D eigenvalue weighted by Gasteiger charge is 2.07. The molecule has 0 saturated carbocycles. The van der Waals surface area contributed by atoms with Crippen LogP contribution in [0.15, 0.2) is 47.4 Å². The van der Waals surface area contributed by atoms with Crippen LogP contribution in [-0.4, -0.2) is 27.2 Å². The number of hydrogen-bond acceptors (Lipinski definition) is 4. The first-order valence-electron chi connectivity index (χ1n) is 7.89. The van der Waals surface area contributed by atoms with Gasteiger partial charge in [-0.2, -0.15) is 0 Å². The van der Waals surface area contributed by atoms with Crippen molar-refractivity contribution in [1.29, 1.82) is 0 Å². The van der Waals surface area contributed by atoms with Gasteiger partial charge in [0.25, 0.3) is 0 Å². The smallest absolute Gasteiger partial charge is 0.220 e. The Morgan fingerprint density at radius 2 is 1.88 bits per heavy atom. The van der Waals surface area contributed by atoms with Crippen molar-refractivity contribution in [3.05, 3.63) is 58.9 Å². The standard InChI is InChI=1S/C18H19ClFNO4S/c1-26(23,24)15-7-5-14(6-8-15)25-10-2-3-18(22)21-12-13-4-9-17(20)16(19)11-13/h4-9,11H,2-3,10,12H2,1H3,(H,21,22). The fraction of sp³-hybridized carbons (Fsp3) is 0.278. The van der Waals surface area contributed by atoms with Gasteiger partial charge in [-0.05, 0) is 48.4 Å². The molecule has 0 unspecified atom stereocenters. The third-order valence-corrected chi connectivity index (χ3v) is 4.96. The lowest BCUT2D eigenvalue weighted by atomic mass is 10.2. The molecule has 2 aromatic carbocycles. The van der Waals surface area contributed by atoms with E-state index in [1.807, 2.05) is 0 Å². The van der Waals surface area contributed by atoms with E-state index in [1.165, 1.54) is 24.3 Å². The number of rotatable bonds is 8. The van der Waals surface area contributed by atoms with E-state index in [-0.39, 0.29) is 28.8 Å². The topological polar surface area (TPSA) is 72.5 Å². The van der Waals surface area contributed by atoms with Crippen LogP contribution >= 0.6 is 11.6 Å². The third kappa shape index (κ3) is 6.31. The molecule has 8 heteroatoms. The number of sulfone groups is 1. The largest absolute Gasteiger partial charge is 0.494 e. The average molecular weight is 400 g/mol. The van der Waals surface area contributed by atoms with Crippen LogP contribution in [-0.2, 0) is 21.2 Å². The van der Waals surface area contributed by atoms with Crippen LogP contribution in [0.2, 0.25) is 5.02 Å². The molecule has 5 nitrogen and oxygen atoms in total. The molecule has 0 radical (unpaired) electrons. The zero-order valence-corrected chi connectivity index (χ0v) is 15.7. The van der Waals surface area contributed by atoms with E-state index in [0.29, 0.717) is 24.3 Å². The van der Waals surface area contributed by atoms with Crippen LogP contribution in [0, 0.1) is 5.82 Å². The van der Waals surface area contributed by atoms with Crippen LogP contribution in [0.3, 0.4) is 0 Å². The molecule has 26 heavy (non-hydrogen) atoms. The van der Waals surface area contributed by atoms with Gasteiger partial charge in [-0.15, -0.1) is 0 Å². The maximum atomic E-state index is 13.1. The lowest BCUT2D eigenvalue weighted by molar-refractivity contribution is -0.121. The highest BCUT2D eigenvalue weighted by Crippen LogP contribution is 2.17. The number of ether oxygens (including phenoxy) is 1. The normalized spacial score (nSPS) is 11.2. The predicted octanol–water partition coefficient (Wildman–Crippen LogP) is 3.36. The van der Waals surface area contributed by atoms with Gasteiger partial charge >= 0.3 is 0 Å². The summed E-state index contributed by atoms with van der Waals surface area (Å²) in [5, 5.41) is 2.75. The van der Waals surface area contributed by atoms with Gasteiger partial charge in [-0.3, -0.25) is 4.79 Å². The molecule has 0 fully saturated rings. The van der Waals surface area contributed by atoms with Crippen LogP contribution in [0.1, 0.15) is 18.4 Å². The summed E-state index contributed by atoms with van der Waals surface area (Å²) in [6.45, 7) is 0.598. The Bertz CT molecular complexity index is 869. The van der Waals surface area contributed by atoms with E-state index in [9.17, 15) is 17.6 Å². The molecule has 0 aromatic heterocycles. The first-order valence-corrected chi connectivity index (χ1v) is 10.2. The molecule has 1 N–H and O–H groups in total. The molecule has 0 aliphatic rings. The van der Waals surface area contributed by atoms with Gasteiger partial charge < -0.3 is 10.1 Å². The molecule has 0 saturated heterocycles. The van der Waals surface area contributed by atoms with Gasteiger partial charge in [0.1, 0.15) is 11.6 Å². The van der Waals surface area contributed by atoms with Crippen LogP contribution in [0.25, 0.3) is 0 Å². The fourth-order valence-electron chi connectivity index (χ4n) is 2.14. The third-order valence-electron chi connectivity index (χ3n) is 3.54. The Labute approximate surface area is 157 Å². The molecule has 2 rings (SSSR count). The number of amides is 1. The Balaban J connectivity index is 1.69. The van der Waals surface area contributed by atoms with Crippen LogP contribution in [0.4, 0.5) is 4.39 Å². The van der Waals surface area contributed by atoms with Gasteiger partial charge in [0.05, 0.1) is 16.5 Å². The Hall–Kier alpha value is -2.12. The summed E-state index contributed by atoms with van der Waals surface area (Å²) in [7, 11) is -3.23. The first kappa shape index (κ1) is 20.2. The number of benzene rings is 2. The Morgan fingerprint density at radius 3 is 2.50 bits per heavy atom. The fourth-order valence-corrected chi connectivity index (χ4v) is 2.98. The van der Waals surface area contributed by atoms with Gasteiger partial charge in [0, 0.05) is 19.2 Å². The minimum atomic E-state index is -3.23. The first-order chi connectivity index (χ1) is 12.3. The number of hydrogen-bond donors (Lipinski definition) is 1. The average Bonchev–Trinajstić information content (AvgIpc) is 2.59. The van der Waals surface area contributed by atoms with E-state index in [2.05, 4.69) is 5.32 Å². The summed E-state index contributed by atoms with van der Waals surface area (Å²) in [6, 6.07) is 10.4. The van der Waals surface area contributed by atoms with Crippen molar-refractivity contribution in [2.24, 2.45) is 0 Å². The molecule has 140 valence electrons. The molecule has 1 amide bonds. The summed E-state index contributed by atoms with van der Waals surface area (Å²) in [4.78, 5) is 12.0. The van der Waals surface area contributed by atoms with Crippen molar-refractivity contribution in [3.63, 3.8) is 0 Å². The molecular formula is C18H19ClFNO4S. The second-order valence-corrected chi connectivity index (χ2v) is 8.14. The van der Waals surface area contributed by atoms with Gasteiger partial charge in [-0.1, -0.05) is 17.7 Å². The number of halogens is 2. The van der Waals surface area contributed by atoms with E-state index >= 15 is 0 Å². The van der Waals surface area contributed by atoms with Gasteiger partial charge in [0.15, 0.2) is 9.84 Å². The summed E-state index contributed by atoms with van der Waals surface area (Å²) in [6.07, 6.45) is 1.92. The maximum absolute atomic E-state index is 13.1. The lowest BCUT2D eigenvalue weighted by Crippen LogP contribution is -2.23. The summed E-state index contributed by atoms with van der Waals surface area (Å²) in [5.74, 6) is -0.108. The van der Waals surface area contributed by atoms with Crippen LogP contribution in [0.5, 0.6) is 5.75 Å². The molecule has 0 aliphatic heterocycles. The molecule has 0 bridgehead atoms. The maximum Gasteiger partial charge on any atom is 0.220 e. The molecule has 0 spiro atoms. The van der Waals surface area contributed by atoms with Crippen molar-refractivity contribution >= 4 is 27.3 Å². The number of carbonyl (C=O) groups is 1. The molecule has 0 aliphatic carbocycles. The van der Waals surface area contributed by atoms with Crippen molar-refractivity contribution < 1.29 is 22.3 Å². The summed E-state index contributed by atoms with van der Waals surface area (Å²) >= 11 is 5.69. The number of nitrogens with one attached hydrogen (secondary N) is 1. The van der Waals surface area contributed by atoms with E-state index in [1.54, 1.807) is 18.2 Å². The van der Waals surface area contributed by atoms with Crippen molar-refractivity contribution in [3.8, 4) is 5.75 Å².